The molecule has 0 aromatic rings. The predicted octanol–water partition coefficient (Wildman–Crippen LogP) is 0.897. The lowest BCUT2D eigenvalue weighted by Crippen LogP contribution is -2.04. The number of hydrogen-bond donors (Lipinski definition) is 1. The predicted molar refractivity (Wildman–Crippen MR) is 31.4 cm³/mol. The topological polar surface area (TPSA) is 60.2 Å². The molecule has 0 aliphatic rings. The van der Waals surface area contributed by atoms with Crippen LogP contribution in [0.1, 0.15) is 13.3 Å². The second kappa shape index (κ2) is 3.81. The van der Waals surface area contributed by atoms with Crippen LogP contribution in [0, 0.1) is 0 Å². The van der Waals surface area contributed by atoms with Crippen molar-refractivity contribution in [3.63, 3.8) is 0 Å². The number of rotatable bonds is 3. The molecule has 8 heavy (non-hydrogen) atoms. The van der Waals surface area contributed by atoms with Gasteiger partial charge in [-0.05, 0) is 19.9 Å². The van der Waals surface area contributed by atoms with Gasteiger partial charge in [0, 0.05) is 0 Å². The summed E-state index contributed by atoms with van der Waals surface area (Å²) < 4.78 is 20.1. The van der Waals surface area contributed by atoms with E-state index in [0.717, 1.165) is 0 Å². The molecule has 0 aromatic carbocycles. The summed E-state index contributed by atoms with van der Waals surface area (Å²) in [5.74, 6) is 0. The van der Waals surface area contributed by atoms with Gasteiger partial charge in [0.1, 0.15) is 0 Å². The van der Waals surface area contributed by atoms with Crippen molar-refractivity contribution in [2.45, 2.75) is 19.0 Å². The standard InChI is InChI=1S/C4H10NO2P/c1-4(2-3-5)8(6)7/h4H,2-3,5H2,1H3. The van der Waals surface area contributed by atoms with Gasteiger partial charge in [-0.15, -0.1) is 0 Å². The molecule has 0 aliphatic carbocycles. The highest BCUT2D eigenvalue weighted by Gasteiger charge is 2.03. The summed E-state index contributed by atoms with van der Waals surface area (Å²) >= 11 is 0. The monoisotopic (exact) mass is 135 g/mol. The SMILES string of the molecule is CC(CCN)P(=O)=O. The second-order valence-electron chi connectivity index (χ2n) is 1.71. The van der Waals surface area contributed by atoms with Gasteiger partial charge in [-0.2, -0.15) is 0 Å². The lowest BCUT2D eigenvalue weighted by atomic mass is 10.3. The summed E-state index contributed by atoms with van der Waals surface area (Å²) in [6, 6.07) is 0. The Morgan fingerprint density at radius 3 is 2.25 bits per heavy atom. The number of nitrogens with two attached hydrogens (primary N) is 1. The minimum absolute atomic E-state index is 0.255. The van der Waals surface area contributed by atoms with Crippen molar-refractivity contribution < 1.29 is 9.13 Å². The van der Waals surface area contributed by atoms with E-state index in [1.54, 1.807) is 6.92 Å². The molecule has 0 aliphatic heterocycles. The molecule has 0 rings (SSSR count). The van der Waals surface area contributed by atoms with Crippen LogP contribution in [0.4, 0.5) is 0 Å². The first-order chi connectivity index (χ1) is 3.68. The van der Waals surface area contributed by atoms with E-state index in [-0.39, 0.29) is 5.66 Å². The Hall–Kier alpha value is -0.140. The van der Waals surface area contributed by atoms with Gasteiger partial charge in [-0.1, -0.05) is 0 Å². The Balaban J connectivity index is 3.48. The fourth-order valence-electron chi connectivity index (χ4n) is 0.347. The third-order valence-electron chi connectivity index (χ3n) is 0.944. The zero-order valence-electron chi connectivity index (χ0n) is 4.83. The van der Waals surface area contributed by atoms with E-state index in [2.05, 4.69) is 0 Å². The quantitative estimate of drug-likeness (QED) is 0.584. The van der Waals surface area contributed by atoms with Crippen LogP contribution in [0.5, 0.6) is 0 Å². The Morgan fingerprint density at radius 1 is 1.62 bits per heavy atom. The maximum atomic E-state index is 10.1. The fourth-order valence-corrected chi connectivity index (χ4v) is 0.707. The highest BCUT2D eigenvalue weighted by atomic mass is 31.1. The maximum absolute atomic E-state index is 10.1. The molecule has 0 radical (unpaired) electrons. The third-order valence-corrected chi connectivity index (χ3v) is 1.92. The van der Waals surface area contributed by atoms with Crippen LogP contribution >= 0.6 is 7.68 Å². The van der Waals surface area contributed by atoms with Crippen LogP contribution in [0.15, 0.2) is 0 Å². The molecule has 0 saturated carbocycles. The highest BCUT2D eigenvalue weighted by Crippen LogP contribution is 2.15. The van der Waals surface area contributed by atoms with E-state index in [1.165, 1.54) is 0 Å². The molecule has 48 valence electrons. The lowest BCUT2D eigenvalue weighted by molar-refractivity contribution is 0.503. The van der Waals surface area contributed by atoms with E-state index in [1.807, 2.05) is 0 Å². The van der Waals surface area contributed by atoms with E-state index >= 15 is 0 Å². The summed E-state index contributed by atoms with van der Waals surface area (Å²) in [6.07, 6.45) is 0.568. The van der Waals surface area contributed by atoms with Crippen molar-refractivity contribution in [1.82, 2.24) is 0 Å². The Morgan fingerprint density at radius 2 is 2.12 bits per heavy atom. The second-order valence-corrected chi connectivity index (χ2v) is 3.16. The number of hydrogen-bond acceptors (Lipinski definition) is 3. The molecule has 4 heteroatoms. The van der Waals surface area contributed by atoms with Crippen molar-refractivity contribution in [2.24, 2.45) is 5.73 Å². The lowest BCUT2D eigenvalue weighted by Gasteiger charge is -1.93. The smallest absolute Gasteiger partial charge is 0.318 e. The minimum Gasteiger partial charge on any atom is -0.330 e. The molecule has 0 amide bonds. The van der Waals surface area contributed by atoms with Crippen molar-refractivity contribution in [1.29, 1.82) is 0 Å². The molecule has 0 saturated heterocycles. The van der Waals surface area contributed by atoms with Gasteiger partial charge < -0.3 is 5.73 Å². The van der Waals surface area contributed by atoms with Crippen molar-refractivity contribution >= 4 is 7.68 Å². The van der Waals surface area contributed by atoms with E-state index < -0.39 is 7.68 Å². The molecule has 0 fully saturated rings. The van der Waals surface area contributed by atoms with Crippen molar-refractivity contribution in [2.75, 3.05) is 6.54 Å². The highest BCUT2D eigenvalue weighted by molar-refractivity contribution is 7.31. The third kappa shape index (κ3) is 2.94. The normalized spacial score (nSPS) is 13.2. The Bertz CT molecular complexity index is 113. The summed E-state index contributed by atoms with van der Waals surface area (Å²) in [4.78, 5) is 0. The largest absolute Gasteiger partial charge is 0.330 e. The van der Waals surface area contributed by atoms with E-state index in [4.69, 9.17) is 5.73 Å². The summed E-state index contributed by atoms with van der Waals surface area (Å²) in [6.45, 7) is 2.10. The van der Waals surface area contributed by atoms with Crippen molar-refractivity contribution in [3.8, 4) is 0 Å². The molecule has 0 spiro atoms. The van der Waals surface area contributed by atoms with Gasteiger partial charge in [-0.3, -0.25) is 0 Å². The first-order valence-corrected chi connectivity index (χ1v) is 3.76. The first-order valence-electron chi connectivity index (χ1n) is 2.52. The summed E-state index contributed by atoms with van der Waals surface area (Å²) in [5, 5.41) is 0. The maximum Gasteiger partial charge on any atom is 0.318 e. The summed E-state index contributed by atoms with van der Waals surface area (Å²) in [5.41, 5.74) is 4.85. The van der Waals surface area contributed by atoms with Gasteiger partial charge in [0.25, 0.3) is 0 Å². The molecule has 0 aromatic heterocycles. The molecule has 0 heterocycles. The van der Waals surface area contributed by atoms with E-state index in [9.17, 15) is 9.13 Å². The molecule has 3 nitrogen and oxygen atoms in total. The van der Waals surface area contributed by atoms with Crippen LogP contribution in [0.3, 0.4) is 0 Å². The molecular formula is C4H10NO2P. The fraction of sp³-hybridized carbons (Fsp3) is 1.00. The molecule has 0 bridgehead atoms. The Kier molecular flexibility index (Phi) is 3.75. The Labute approximate surface area is 49.1 Å². The van der Waals surface area contributed by atoms with Crippen molar-refractivity contribution in [3.05, 3.63) is 0 Å². The molecular weight excluding hydrogens is 125 g/mol. The van der Waals surface area contributed by atoms with Gasteiger partial charge in [0.15, 0.2) is 0 Å². The van der Waals surface area contributed by atoms with Crippen LogP contribution < -0.4 is 5.73 Å². The van der Waals surface area contributed by atoms with Gasteiger partial charge in [0.2, 0.25) is 0 Å². The van der Waals surface area contributed by atoms with E-state index in [0.29, 0.717) is 13.0 Å². The summed E-state index contributed by atoms with van der Waals surface area (Å²) in [7, 11) is -2.25. The van der Waals surface area contributed by atoms with Crippen LogP contribution in [0.25, 0.3) is 0 Å². The molecule has 1 unspecified atom stereocenters. The molecule has 2 N–H and O–H groups in total. The van der Waals surface area contributed by atoms with Crippen LogP contribution in [-0.2, 0) is 9.13 Å². The molecule has 1 atom stereocenters. The zero-order valence-corrected chi connectivity index (χ0v) is 5.73. The average Bonchev–Trinajstić information content (AvgIpc) is 1.67. The average molecular weight is 135 g/mol. The van der Waals surface area contributed by atoms with Gasteiger partial charge >= 0.3 is 7.68 Å². The van der Waals surface area contributed by atoms with Gasteiger partial charge in [-0.25, -0.2) is 9.13 Å². The van der Waals surface area contributed by atoms with Crippen LogP contribution in [0.2, 0.25) is 0 Å². The first kappa shape index (κ1) is 7.86. The van der Waals surface area contributed by atoms with Crippen LogP contribution in [-0.4, -0.2) is 12.2 Å². The zero-order chi connectivity index (χ0) is 6.57. The van der Waals surface area contributed by atoms with Gasteiger partial charge in [0.05, 0.1) is 5.66 Å². The minimum atomic E-state index is -2.25.